The van der Waals surface area contributed by atoms with Crippen LogP contribution in [0.15, 0.2) is 54.6 Å². The molecule has 0 spiro atoms. The van der Waals surface area contributed by atoms with Gasteiger partial charge in [0, 0.05) is 19.1 Å². The quantitative estimate of drug-likeness (QED) is 0.288. The molecule has 0 fully saturated rings. The minimum Gasteiger partial charge on any atom is -0.497 e. The molecule has 0 bridgehead atoms. The van der Waals surface area contributed by atoms with Crippen LogP contribution in [0.1, 0.15) is 37.8 Å². The van der Waals surface area contributed by atoms with E-state index in [1.54, 1.807) is 7.11 Å². The third-order valence-electron chi connectivity index (χ3n) is 5.85. The normalized spacial score (nSPS) is 14.3. The largest absolute Gasteiger partial charge is 0.497 e. The minimum absolute atomic E-state index is 0.0329. The lowest BCUT2D eigenvalue weighted by molar-refractivity contribution is -0.160. The van der Waals surface area contributed by atoms with Crippen molar-refractivity contribution in [1.82, 2.24) is 5.32 Å². The summed E-state index contributed by atoms with van der Waals surface area (Å²) in [5.74, 6) is -0.114. The van der Waals surface area contributed by atoms with Gasteiger partial charge in [-0.25, -0.2) is 13.2 Å². The highest BCUT2D eigenvalue weighted by molar-refractivity contribution is 7.91. The Morgan fingerprint density at radius 1 is 1.03 bits per heavy atom. The third kappa shape index (κ3) is 11.1. The van der Waals surface area contributed by atoms with Crippen LogP contribution < -0.4 is 15.8 Å². The molecule has 1 unspecified atom stereocenters. The smallest absolute Gasteiger partial charge is 0.335 e. The Hall–Kier alpha value is -2.46. The first kappa shape index (κ1) is 29.8. The SMILES string of the molecule is COc1cccc(CNC[C@@H](OC(=O)C(O)CCS(=O)(=O)CCC(C)C)[C@@H](N)Cc2ccccc2)c1. The first-order chi connectivity index (χ1) is 17.1. The summed E-state index contributed by atoms with van der Waals surface area (Å²) in [6.45, 7) is 4.65. The molecule has 0 aromatic heterocycles. The first-order valence-corrected chi connectivity index (χ1v) is 14.1. The van der Waals surface area contributed by atoms with E-state index in [4.69, 9.17) is 15.2 Å². The molecule has 2 rings (SSSR count). The van der Waals surface area contributed by atoms with E-state index in [1.165, 1.54) is 0 Å². The predicted molar refractivity (Wildman–Crippen MR) is 141 cm³/mol. The fourth-order valence-corrected chi connectivity index (χ4v) is 5.21. The Morgan fingerprint density at radius 3 is 2.36 bits per heavy atom. The molecular weight excluding hydrogens is 480 g/mol. The molecule has 4 N–H and O–H groups in total. The minimum atomic E-state index is -3.36. The molecule has 0 radical (unpaired) electrons. The molecule has 8 nitrogen and oxygen atoms in total. The Morgan fingerprint density at radius 2 is 1.69 bits per heavy atom. The molecule has 0 aliphatic rings. The summed E-state index contributed by atoms with van der Waals surface area (Å²) in [6.07, 6.45) is -1.46. The van der Waals surface area contributed by atoms with Gasteiger partial charge in [-0.2, -0.15) is 0 Å². The van der Waals surface area contributed by atoms with Crippen LogP contribution in [0.25, 0.3) is 0 Å². The van der Waals surface area contributed by atoms with Gasteiger partial charge in [0.1, 0.15) is 21.7 Å². The van der Waals surface area contributed by atoms with Gasteiger partial charge < -0.3 is 25.6 Å². The van der Waals surface area contributed by atoms with Gasteiger partial charge in [0.15, 0.2) is 6.10 Å². The standard InChI is InChI=1S/C27H40N2O6S/c1-20(2)12-14-36(32,33)15-13-25(30)27(31)35-26(24(28)17-21-8-5-4-6-9-21)19-29-18-22-10-7-11-23(16-22)34-3/h4-11,16,20,24-26,29-30H,12-15,17-19,28H2,1-3H3/t24-,25?,26+/m0/s1. The van der Waals surface area contributed by atoms with Gasteiger partial charge in [-0.3, -0.25) is 0 Å². The van der Waals surface area contributed by atoms with Gasteiger partial charge in [-0.1, -0.05) is 56.3 Å². The van der Waals surface area contributed by atoms with E-state index in [0.717, 1.165) is 16.9 Å². The molecule has 0 heterocycles. The molecule has 2 aromatic carbocycles. The van der Waals surface area contributed by atoms with Gasteiger partial charge in [-0.15, -0.1) is 0 Å². The van der Waals surface area contributed by atoms with E-state index in [2.05, 4.69) is 5.32 Å². The summed E-state index contributed by atoms with van der Waals surface area (Å²) in [5.41, 5.74) is 8.40. The van der Waals surface area contributed by atoms with Crippen molar-refractivity contribution in [2.75, 3.05) is 25.2 Å². The fraction of sp³-hybridized carbons (Fsp3) is 0.519. The molecule has 200 valence electrons. The highest BCUT2D eigenvalue weighted by Crippen LogP contribution is 2.13. The van der Waals surface area contributed by atoms with E-state index in [9.17, 15) is 18.3 Å². The zero-order valence-corrected chi connectivity index (χ0v) is 22.2. The molecule has 0 aliphatic carbocycles. The van der Waals surface area contributed by atoms with Gasteiger partial charge in [0.2, 0.25) is 0 Å². The van der Waals surface area contributed by atoms with Crippen LogP contribution in [-0.2, 0) is 32.3 Å². The van der Waals surface area contributed by atoms with E-state index in [0.29, 0.717) is 19.4 Å². The van der Waals surface area contributed by atoms with Crippen LogP contribution in [0, 0.1) is 5.92 Å². The molecule has 0 saturated carbocycles. The Labute approximate surface area is 215 Å². The number of benzene rings is 2. The van der Waals surface area contributed by atoms with Gasteiger partial charge >= 0.3 is 5.97 Å². The third-order valence-corrected chi connectivity index (χ3v) is 7.56. The van der Waals surface area contributed by atoms with E-state index in [1.807, 2.05) is 68.4 Å². The fourth-order valence-electron chi connectivity index (χ4n) is 3.59. The molecule has 2 aromatic rings. The Kier molecular flexibility index (Phi) is 12.4. The number of aliphatic hydroxyl groups is 1. The Bertz CT molecular complexity index is 1030. The van der Waals surface area contributed by atoms with Crippen molar-refractivity contribution in [3.63, 3.8) is 0 Å². The molecule has 0 amide bonds. The van der Waals surface area contributed by atoms with Crippen molar-refractivity contribution in [1.29, 1.82) is 0 Å². The summed E-state index contributed by atoms with van der Waals surface area (Å²) < 4.78 is 35.3. The number of methoxy groups -OCH3 is 1. The monoisotopic (exact) mass is 520 g/mol. The average Bonchev–Trinajstić information content (AvgIpc) is 2.86. The molecule has 9 heteroatoms. The number of hydrogen-bond acceptors (Lipinski definition) is 8. The maximum atomic E-state index is 12.6. The van der Waals surface area contributed by atoms with Crippen LogP contribution in [-0.4, -0.2) is 62.9 Å². The highest BCUT2D eigenvalue weighted by Gasteiger charge is 2.27. The molecular formula is C27H40N2O6S. The molecule has 0 saturated heterocycles. The van der Waals surface area contributed by atoms with Gasteiger partial charge in [0.05, 0.1) is 18.6 Å². The number of ether oxygens (including phenoxy) is 2. The zero-order valence-electron chi connectivity index (χ0n) is 21.4. The summed E-state index contributed by atoms with van der Waals surface area (Å²) in [5, 5.41) is 13.6. The molecule has 3 atom stereocenters. The van der Waals surface area contributed by atoms with Gasteiger partial charge in [0.25, 0.3) is 0 Å². The number of esters is 1. The van der Waals surface area contributed by atoms with Crippen molar-refractivity contribution >= 4 is 15.8 Å². The van der Waals surface area contributed by atoms with E-state index in [-0.39, 0.29) is 30.4 Å². The predicted octanol–water partition coefficient (Wildman–Crippen LogP) is 2.48. The number of carbonyl (C=O) groups excluding carboxylic acids is 1. The second kappa shape index (κ2) is 14.9. The van der Waals surface area contributed by atoms with Crippen LogP contribution in [0.2, 0.25) is 0 Å². The van der Waals surface area contributed by atoms with E-state index < -0.39 is 34.1 Å². The Balaban J connectivity index is 1.99. The van der Waals surface area contributed by atoms with Crippen LogP contribution in [0.3, 0.4) is 0 Å². The van der Waals surface area contributed by atoms with Crippen molar-refractivity contribution in [2.45, 2.75) is 57.9 Å². The summed E-state index contributed by atoms with van der Waals surface area (Å²) in [4.78, 5) is 12.6. The average molecular weight is 521 g/mol. The molecule has 0 aliphatic heterocycles. The highest BCUT2D eigenvalue weighted by atomic mass is 32.2. The number of aliphatic hydroxyl groups excluding tert-OH is 1. The van der Waals surface area contributed by atoms with Crippen LogP contribution in [0.5, 0.6) is 5.75 Å². The van der Waals surface area contributed by atoms with Gasteiger partial charge in [-0.05, 0) is 48.4 Å². The maximum Gasteiger partial charge on any atom is 0.335 e. The number of sulfone groups is 1. The summed E-state index contributed by atoms with van der Waals surface area (Å²) in [6, 6.07) is 16.7. The first-order valence-electron chi connectivity index (χ1n) is 12.3. The lowest BCUT2D eigenvalue weighted by Crippen LogP contribution is -2.47. The van der Waals surface area contributed by atoms with Crippen molar-refractivity contribution in [3.8, 4) is 5.75 Å². The zero-order chi connectivity index (χ0) is 26.6. The van der Waals surface area contributed by atoms with Crippen molar-refractivity contribution in [2.24, 2.45) is 11.7 Å². The second-order valence-corrected chi connectivity index (χ2v) is 11.8. The van der Waals surface area contributed by atoms with Crippen molar-refractivity contribution in [3.05, 3.63) is 65.7 Å². The van der Waals surface area contributed by atoms with Crippen LogP contribution in [0.4, 0.5) is 0 Å². The molecule has 36 heavy (non-hydrogen) atoms. The number of nitrogens with two attached hydrogens (primary N) is 1. The second-order valence-electron chi connectivity index (χ2n) is 9.45. The summed E-state index contributed by atoms with van der Waals surface area (Å²) in [7, 11) is -1.75. The maximum absolute atomic E-state index is 12.6. The number of rotatable bonds is 16. The van der Waals surface area contributed by atoms with Crippen molar-refractivity contribution < 1.29 is 27.8 Å². The number of hydrogen-bond donors (Lipinski definition) is 3. The van der Waals surface area contributed by atoms with Crippen LogP contribution >= 0.6 is 0 Å². The number of nitrogens with one attached hydrogen (secondary N) is 1. The lowest BCUT2D eigenvalue weighted by atomic mass is 10.0. The van der Waals surface area contributed by atoms with E-state index >= 15 is 0 Å². The topological polar surface area (TPSA) is 128 Å². The number of carbonyl (C=O) groups is 1. The summed E-state index contributed by atoms with van der Waals surface area (Å²) >= 11 is 0. The lowest BCUT2D eigenvalue weighted by Gasteiger charge is -2.26.